The number of carbonyl (C=O) groups excluding carboxylic acids is 2. The first-order chi connectivity index (χ1) is 9.99. The van der Waals surface area contributed by atoms with Gasteiger partial charge in [-0.25, -0.2) is 0 Å². The van der Waals surface area contributed by atoms with E-state index in [1.165, 1.54) is 10.5 Å². The van der Waals surface area contributed by atoms with Crippen molar-refractivity contribution in [1.82, 2.24) is 10.2 Å². The van der Waals surface area contributed by atoms with E-state index in [-0.39, 0.29) is 18.4 Å². The first kappa shape index (κ1) is 15.4. The maximum Gasteiger partial charge on any atom is 0.241 e. The van der Waals surface area contributed by atoms with E-state index in [0.29, 0.717) is 12.6 Å². The van der Waals surface area contributed by atoms with Crippen LogP contribution in [0.4, 0.5) is 5.69 Å². The summed E-state index contributed by atoms with van der Waals surface area (Å²) in [4.78, 5) is 27.2. The van der Waals surface area contributed by atoms with Crippen LogP contribution in [0, 0.1) is 0 Å². The van der Waals surface area contributed by atoms with Crippen molar-refractivity contribution in [3.05, 3.63) is 29.8 Å². The van der Waals surface area contributed by atoms with Crippen molar-refractivity contribution in [3.8, 4) is 0 Å². The van der Waals surface area contributed by atoms with Crippen molar-refractivity contribution < 1.29 is 9.59 Å². The standard InChI is InChI=1S/C16H23N3O2/c1-12-8-9-13-6-4-5-7-14(13)19(12)11-15(20)17-10-16(21)18(2)3/h4-7,12H,8-11H2,1-3H3,(H,17,20)/t12-/m0/s1. The Morgan fingerprint density at radius 3 is 2.76 bits per heavy atom. The minimum Gasteiger partial charge on any atom is -0.359 e. The Labute approximate surface area is 125 Å². The van der Waals surface area contributed by atoms with E-state index in [2.05, 4.69) is 29.3 Å². The molecule has 5 heteroatoms. The average molecular weight is 289 g/mol. The molecule has 0 saturated heterocycles. The van der Waals surface area contributed by atoms with Crippen molar-refractivity contribution >= 4 is 17.5 Å². The second-order valence-corrected chi connectivity index (χ2v) is 5.71. The van der Waals surface area contributed by atoms with E-state index in [0.717, 1.165) is 18.5 Å². The van der Waals surface area contributed by atoms with Crippen LogP contribution in [0.25, 0.3) is 0 Å². The van der Waals surface area contributed by atoms with Crippen LogP contribution in [-0.2, 0) is 16.0 Å². The lowest BCUT2D eigenvalue weighted by atomic mass is 9.97. The number of nitrogens with zero attached hydrogens (tertiary/aromatic N) is 2. The summed E-state index contributed by atoms with van der Waals surface area (Å²) in [5.41, 5.74) is 2.41. The summed E-state index contributed by atoms with van der Waals surface area (Å²) in [5.74, 6) is -0.218. The van der Waals surface area contributed by atoms with Gasteiger partial charge >= 0.3 is 0 Å². The molecule has 1 aliphatic rings. The van der Waals surface area contributed by atoms with Crippen LogP contribution in [0.5, 0.6) is 0 Å². The van der Waals surface area contributed by atoms with Crippen LogP contribution in [0.2, 0.25) is 0 Å². The quantitative estimate of drug-likeness (QED) is 0.901. The molecule has 1 aliphatic heterocycles. The maximum absolute atomic E-state index is 12.1. The fourth-order valence-corrected chi connectivity index (χ4v) is 2.54. The highest BCUT2D eigenvalue weighted by Crippen LogP contribution is 2.29. The van der Waals surface area contributed by atoms with Crippen LogP contribution < -0.4 is 10.2 Å². The number of aryl methyl sites for hydroxylation is 1. The predicted molar refractivity (Wildman–Crippen MR) is 83.3 cm³/mol. The maximum atomic E-state index is 12.1. The minimum atomic E-state index is -0.117. The van der Waals surface area contributed by atoms with Crippen LogP contribution in [0.3, 0.4) is 0 Å². The predicted octanol–water partition coefficient (Wildman–Crippen LogP) is 1.03. The summed E-state index contributed by atoms with van der Waals surface area (Å²) in [6.07, 6.45) is 2.09. The molecule has 1 N–H and O–H groups in total. The molecule has 21 heavy (non-hydrogen) atoms. The highest BCUT2D eigenvalue weighted by atomic mass is 16.2. The zero-order valence-electron chi connectivity index (χ0n) is 12.9. The Bertz CT molecular complexity index is 528. The summed E-state index contributed by atoms with van der Waals surface area (Å²) in [7, 11) is 3.36. The Kier molecular flexibility index (Phi) is 4.83. The van der Waals surface area contributed by atoms with Crippen LogP contribution in [0.1, 0.15) is 18.9 Å². The Morgan fingerprint density at radius 2 is 2.05 bits per heavy atom. The number of likely N-dealkylation sites (N-methyl/N-ethyl adjacent to an activating group) is 1. The Balaban J connectivity index is 1.99. The summed E-state index contributed by atoms with van der Waals surface area (Å²) in [6.45, 7) is 2.47. The number of amides is 2. The topological polar surface area (TPSA) is 52.7 Å². The number of benzene rings is 1. The fraction of sp³-hybridized carbons (Fsp3) is 0.500. The Morgan fingerprint density at radius 1 is 1.33 bits per heavy atom. The molecule has 114 valence electrons. The van der Waals surface area contributed by atoms with E-state index in [4.69, 9.17) is 0 Å². The number of fused-ring (bicyclic) bond motifs is 1. The van der Waals surface area contributed by atoms with Crippen molar-refractivity contribution in [2.45, 2.75) is 25.8 Å². The largest absolute Gasteiger partial charge is 0.359 e. The van der Waals surface area contributed by atoms with Crippen LogP contribution in [-0.4, -0.2) is 49.9 Å². The van der Waals surface area contributed by atoms with Gasteiger partial charge in [0.25, 0.3) is 0 Å². The van der Waals surface area contributed by atoms with E-state index in [1.54, 1.807) is 14.1 Å². The Hall–Kier alpha value is -2.04. The van der Waals surface area contributed by atoms with Gasteiger partial charge in [-0.2, -0.15) is 0 Å². The molecule has 1 aromatic carbocycles. The normalized spacial score (nSPS) is 17.1. The van der Waals surface area contributed by atoms with E-state index in [1.807, 2.05) is 12.1 Å². The number of carbonyl (C=O) groups is 2. The number of hydrogen-bond donors (Lipinski definition) is 1. The van der Waals surface area contributed by atoms with Crippen LogP contribution in [0.15, 0.2) is 24.3 Å². The summed E-state index contributed by atoms with van der Waals surface area (Å²) in [5, 5.41) is 2.69. The number of rotatable bonds is 4. The second kappa shape index (κ2) is 6.61. The molecule has 5 nitrogen and oxygen atoms in total. The third-order valence-corrected chi connectivity index (χ3v) is 3.91. The first-order valence-electron chi connectivity index (χ1n) is 7.30. The molecule has 0 aromatic heterocycles. The summed E-state index contributed by atoms with van der Waals surface area (Å²) < 4.78 is 0. The number of nitrogens with one attached hydrogen (secondary N) is 1. The molecule has 1 aromatic rings. The van der Waals surface area contributed by atoms with Gasteiger partial charge in [0.2, 0.25) is 11.8 Å². The summed E-state index contributed by atoms with van der Waals surface area (Å²) >= 11 is 0. The average Bonchev–Trinajstić information content (AvgIpc) is 2.47. The van der Waals surface area contributed by atoms with Gasteiger partial charge in [0.05, 0.1) is 13.1 Å². The summed E-state index contributed by atoms with van der Waals surface area (Å²) in [6, 6.07) is 8.53. The van der Waals surface area contributed by atoms with Crippen molar-refractivity contribution in [1.29, 1.82) is 0 Å². The zero-order valence-corrected chi connectivity index (χ0v) is 12.9. The first-order valence-corrected chi connectivity index (χ1v) is 7.30. The van der Waals surface area contributed by atoms with Gasteiger partial charge in [-0.1, -0.05) is 18.2 Å². The lowest BCUT2D eigenvalue weighted by Crippen LogP contribution is -2.46. The molecule has 0 spiro atoms. The fourth-order valence-electron chi connectivity index (χ4n) is 2.54. The lowest BCUT2D eigenvalue weighted by Gasteiger charge is -2.36. The van der Waals surface area contributed by atoms with E-state index >= 15 is 0 Å². The number of para-hydroxylation sites is 1. The van der Waals surface area contributed by atoms with Crippen molar-refractivity contribution in [2.75, 3.05) is 32.1 Å². The van der Waals surface area contributed by atoms with Crippen molar-refractivity contribution in [2.24, 2.45) is 0 Å². The van der Waals surface area contributed by atoms with Crippen LogP contribution >= 0.6 is 0 Å². The van der Waals surface area contributed by atoms with Gasteiger partial charge in [0, 0.05) is 25.8 Å². The highest BCUT2D eigenvalue weighted by molar-refractivity contribution is 5.87. The molecule has 0 bridgehead atoms. The molecule has 0 fully saturated rings. The van der Waals surface area contributed by atoms with Gasteiger partial charge in [0.1, 0.15) is 0 Å². The molecule has 0 aliphatic carbocycles. The molecule has 1 atom stereocenters. The third-order valence-electron chi connectivity index (χ3n) is 3.91. The molecule has 1 heterocycles. The molecule has 0 radical (unpaired) electrons. The number of hydrogen-bond acceptors (Lipinski definition) is 3. The molecule has 2 rings (SSSR count). The lowest BCUT2D eigenvalue weighted by molar-refractivity contribution is -0.130. The molecular formula is C16H23N3O2. The highest BCUT2D eigenvalue weighted by Gasteiger charge is 2.24. The molecule has 0 unspecified atom stereocenters. The molecule has 0 saturated carbocycles. The molecule has 2 amide bonds. The monoisotopic (exact) mass is 289 g/mol. The van der Waals surface area contributed by atoms with E-state index < -0.39 is 0 Å². The van der Waals surface area contributed by atoms with Gasteiger partial charge < -0.3 is 15.1 Å². The van der Waals surface area contributed by atoms with E-state index in [9.17, 15) is 9.59 Å². The van der Waals surface area contributed by atoms with Gasteiger partial charge in [0.15, 0.2) is 0 Å². The second-order valence-electron chi connectivity index (χ2n) is 5.71. The zero-order chi connectivity index (χ0) is 15.4. The number of anilines is 1. The van der Waals surface area contributed by atoms with Crippen molar-refractivity contribution in [3.63, 3.8) is 0 Å². The molecular weight excluding hydrogens is 266 g/mol. The van der Waals surface area contributed by atoms with Gasteiger partial charge in [-0.05, 0) is 31.4 Å². The third kappa shape index (κ3) is 3.74. The smallest absolute Gasteiger partial charge is 0.241 e. The van der Waals surface area contributed by atoms with Gasteiger partial charge in [-0.15, -0.1) is 0 Å². The van der Waals surface area contributed by atoms with Gasteiger partial charge in [-0.3, -0.25) is 9.59 Å². The SMILES string of the molecule is C[C@H]1CCc2ccccc2N1CC(=O)NCC(=O)N(C)C. The minimum absolute atomic E-state index is 0.0513.